The van der Waals surface area contributed by atoms with Gasteiger partial charge in [0.05, 0.1) is 30.1 Å². The van der Waals surface area contributed by atoms with Crippen molar-refractivity contribution in [1.29, 1.82) is 0 Å². The van der Waals surface area contributed by atoms with E-state index in [9.17, 15) is 9.18 Å². The summed E-state index contributed by atoms with van der Waals surface area (Å²) in [5, 5.41) is 7.71. The number of nitrogens with two attached hydrogens (primary N) is 1. The number of hydrogen-bond acceptors (Lipinski definition) is 6. The first-order valence-corrected chi connectivity index (χ1v) is 8.04. The van der Waals surface area contributed by atoms with Crippen LogP contribution in [0.4, 0.5) is 10.1 Å². The van der Waals surface area contributed by atoms with Crippen LogP contribution in [0.15, 0.2) is 18.5 Å². The molecule has 4 atom stereocenters. The third-order valence-corrected chi connectivity index (χ3v) is 4.75. The Bertz CT molecular complexity index is 609. The Morgan fingerprint density at radius 2 is 2.30 bits per heavy atom. The molecule has 23 heavy (non-hydrogen) atoms. The van der Waals surface area contributed by atoms with Gasteiger partial charge in [-0.3, -0.25) is 15.1 Å². The molecule has 0 bridgehead atoms. The molecule has 1 aromatic heterocycles. The number of pyridine rings is 1. The van der Waals surface area contributed by atoms with Crippen molar-refractivity contribution in [3.05, 3.63) is 24.0 Å². The monoisotopic (exact) mass is 320 g/mol. The summed E-state index contributed by atoms with van der Waals surface area (Å²) in [6, 6.07) is 1.96. The van der Waals surface area contributed by atoms with Crippen molar-refractivity contribution >= 4 is 11.6 Å². The van der Waals surface area contributed by atoms with Gasteiger partial charge in [0.15, 0.2) is 0 Å². The number of hydrogen-bond donors (Lipinski definition) is 4. The summed E-state index contributed by atoms with van der Waals surface area (Å²) in [5.41, 5.74) is 10.9. The zero-order valence-corrected chi connectivity index (χ0v) is 12.7. The van der Waals surface area contributed by atoms with Gasteiger partial charge in [-0.05, 0) is 30.4 Å². The first kappa shape index (κ1) is 14.9. The smallest absolute Gasteiger partial charge is 0.233 e. The molecule has 2 aliphatic heterocycles. The molecule has 0 radical (unpaired) electrons. The maximum Gasteiger partial charge on any atom is 0.233 e. The minimum atomic E-state index is -0.965. The predicted molar refractivity (Wildman–Crippen MR) is 82.8 cm³/mol. The lowest BCUT2D eigenvalue weighted by Gasteiger charge is -2.33. The molecular formula is C15H21FN6O. The zero-order valence-electron chi connectivity index (χ0n) is 12.7. The number of aromatic nitrogens is 1. The lowest BCUT2D eigenvalue weighted by Crippen LogP contribution is -2.58. The number of alkyl halides is 1. The number of hydrazine groups is 1. The molecule has 1 amide bonds. The maximum absolute atomic E-state index is 13.5. The topological polar surface area (TPSA) is 95.3 Å². The Morgan fingerprint density at radius 1 is 1.48 bits per heavy atom. The SMILES string of the molecule is NC1NN2CC(F)CNC2C1C(=O)Nc1cnccc1C1CC1. The number of anilines is 1. The van der Waals surface area contributed by atoms with Crippen LogP contribution in [0.5, 0.6) is 0 Å². The van der Waals surface area contributed by atoms with Crippen LogP contribution < -0.4 is 21.8 Å². The molecule has 4 unspecified atom stereocenters. The van der Waals surface area contributed by atoms with Gasteiger partial charge in [-0.1, -0.05) is 0 Å². The van der Waals surface area contributed by atoms with Crippen molar-refractivity contribution < 1.29 is 9.18 Å². The number of carbonyl (C=O) groups is 1. The van der Waals surface area contributed by atoms with E-state index in [2.05, 4.69) is 21.0 Å². The molecule has 7 nitrogen and oxygen atoms in total. The van der Waals surface area contributed by atoms with Gasteiger partial charge in [0, 0.05) is 19.3 Å². The number of fused-ring (bicyclic) bond motifs is 1. The van der Waals surface area contributed by atoms with Crippen molar-refractivity contribution in [3.63, 3.8) is 0 Å². The Hall–Kier alpha value is -1.61. The summed E-state index contributed by atoms with van der Waals surface area (Å²) >= 11 is 0. The summed E-state index contributed by atoms with van der Waals surface area (Å²) in [7, 11) is 0. The van der Waals surface area contributed by atoms with Gasteiger partial charge < -0.3 is 11.1 Å². The largest absolute Gasteiger partial charge is 0.324 e. The number of nitrogens with zero attached hydrogens (tertiary/aromatic N) is 2. The van der Waals surface area contributed by atoms with Crippen LogP contribution in [0.3, 0.4) is 0 Å². The van der Waals surface area contributed by atoms with Gasteiger partial charge in [0.1, 0.15) is 6.17 Å². The number of carbonyl (C=O) groups excluding carboxylic acids is 1. The highest BCUT2D eigenvalue weighted by molar-refractivity contribution is 5.94. The minimum Gasteiger partial charge on any atom is -0.324 e. The lowest BCUT2D eigenvalue weighted by molar-refractivity contribution is -0.121. The second-order valence-electron chi connectivity index (χ2n) is 6.51. The molecule has 124 valence electrons. The number of nitrogens with one attached hydrogen (secondary N) is 3. The van der Waals surface area contributed by atoms with E-state index in [4.69, 9.17) is 5.73 Å². The molecule has 3 aliphatic rings. The van der Waals surface area contributed by atoms with Crippen LogP contribution in [0.2, 0.25) is 0 Å². The maximum atomic E-state index is 13.5. The van der Waals surface area contributed by atoms with E-state index in [-0.39, 0.29) is 25.2 Å². The van der Waals surface area contributed by atoms with Gasteiger partial charge in [-0.15, -0.1) is 0 Å². The highest BCUT2D eigenvalue weighted by Gasteiger charge is 2.47. The Kier molecular flexibility index (Phi) is 3.76. The zero-order chi connectivity index (χ0) is 16.0. The molecule has 1 saturated carbocycles. The van der Waals surface area contributed by atoms with Crippen LogP contribution in [-0.4, -0.2) is 47.5 Å². The van der Waals surface area contributed by atoms with Gasteiger partial charge in [-0.25, -0.2) is 14.8 Å². The van der Waals surface area contributed by atoms with E-state index in [1.165, 1.54) is 0 Å². The number of amides is 1. The first-order valence-electron chi connectivity index (χ1n) is 8.04. The van der Waals surface area contributed by atoms with Crippen molar-refractivity contribution in [1.82, 2.24) is 20.7 Å². The van der Waals surface area contributed by atoms with Gasteiger partial charge in [-0.2, -0.15) is 0 Å². The van der Waals surface area contributed by atoms with Crippen molar-refractivity contribution in [3.8, 4) is 0 Å². The molecule has 0 aromatic carbocycles. The fraction of sp³-hybridized carbons (Fsp3) is 0.600. The van der Waals surface area contributed by atoms with Gasteiger partial charge >= 0.3 is 0 Å². The Morgan fingerprint density at radius 3 is 3.09 bits per heavy atom. The molecule has 3 fully saturated rings. The van der Waals surface area contributed by atoms with E-state index in [0.717, 1.165) is 24.1 Å². The van der Waals surface area contributed by atoms with Crippen LogP contribution in [-0.2, 0) is 4.79 Å². The Balaban J connectivity index is 1.51. The average Bonchev–Trinajstić information content (AvgIpc) is 3.30. The van der Waals surface area contributed by atoms with E-state index >= 15 is 0 Å². The Labute approximate surface area is 133 Å². The predicted octanol–water partition coefficient (Wildman–Crippen LogP) is -0.114. The normalized spacial score (nSPS) is 34.2. The summed E-state index contributed by atoms with van der Waals surface area (Å²) in [4.78, 5) is 16.8. The van der Waals surface area contributed by atoms with E-state index < -0.39 is 18.3 Å². The molecule has 0 spiro atoms. The van der Waals surface area contributed by atoms with Crippen molar-refractivity contribution in [2.75, 3.05) is 18.4 Å². The highest BCUT2D eigenvalue weighted by Crippen LogP contribution is 2.43. The van der Waals surface area contributed by atoms with Crippen molar-refractivity contribution in [2.24, 2.45) is 11.7 Å². The van der Waals surface area contributed by atoms with E-state index in [1.807, 2.05) is 6.07 Å². The summed E-state index contributed by atoms with van der Waals surface area (Å²) in [5.74, 6) is -0.146. The summed E-state index contributed by atoms with van der Waals surface area (Å²) in [6.45, 7) is 0.467. The second-order valence-corrected chi connectivity index (χ2v) is 6.51. The fourth-order valence-electron chi connectivity index (χ4n) is 3.45. The molecule has 8 heteroatoms. The van der Waals surface area contributed by atoms with E-state index in [0.29, 0.717) is 5.92 Å². The van der Waals surface area contributed by atoms with Crippen LogP contribution in [0.25, 0.3) is 0 Å². The van der Waals surface area contributed by atoms with E-state index in [1.54, 1.807) is 17.4 Å². The number of rotatable bonds is 3. The van der Waals surface area contributed by atoms with Gasteiger partial charge in [0.25, 0.3) is 0 Å². The molecule has 4 rings (SSSR count). The fourth-order valence-corrected chi connectivity index (χ4v) is 3.45. The molecular weight excluding hydrogens is 299 g/mol. The molecule has 3 heterocycles. The third-order valence-electron chi connectivity index (χ3n) is 4.75. The van der Waals surface area contributed by atoms with Crippen molar-refractivity contribution in [2.45, 2.75) is 37.3 Å². The summed E-state index contributed by atoms with van der Waals surface area (Å²) in [6.07, 6.45) is 3.92. The average molecular weight is 320 g/mol. The molecule has 1 aromatic rings. The second kappa shape index (κ2) is 5.79. The molecule has 1 aliphatic carbocycles. The summed E-state index contributed by atoms with van der Waals surface area (Å²) < 4.78 is 13.5. The molecule has 2 saturated heterocycles. The standard InChI is InChI=1S/C15H21FN6O/c16-9-5-19-14-12(13(17)21-22(14)7-9)15(23)20-11-6-18-4-3-10(11)8-1-2-8/h3-4,6,8-9,12-14,19,21H,1-2,5,7,17H2,(H,20,23). The van der Waals surface area contributed by atoms with Gasteiger partial charge in [0.2, 0.25) is 5.91 Å². The van der Waals surface area contributed by atoms with Crippen LogP contribution in [0, 0.1) is 5.92 Å². The first-order chi connectivity index (χ1) is 11.1. The molecule has 5 N–H and O–H groups in total. The minimum absolute atomic E-state index is 0.169. The highest BCUT2D eigenvalue weighted by atomic mass is 19.1. The lowest BCUT2D eigenvalue weighted by atomic mass is 10.0. The quantitative estimate of drug-likeness (QED) is 0.621. The number of halogens is 1. The van der Waals surface area contributed by atoms with Crippen LogP contribution in [0.1, 0.15) is 24.3 Å². The third kappa shape index (κ3) is 2.83. The van der Waals surface area contributed by atoms with Crippen LogP contribution >= 0.6 is 0 Å².